The molecule has 3 heterocycles. The highest BCUT2D eigenvalue weighted by atomic mass is 35.5. The van der Waals surface area contributed by atoms with Crippen molar-refractivity contribution in [3.8, 4) is 11.5 Å². The van der Waals surface area contributed by atoms with E-state index >= 15 is 0 Å². The molecule has 2 fully saturated rings. The Morgan fingerprint density at radius 1 is 1.23 bits per heavy atom. The predicted molar refractivity (Wildman–Crippen MR) is 102 cm³/mol. The van der Waals surface area contributed by atoms with E-state index in [2.05, 4.69) is 34.2 Å². The van der Waals surface area contributed by atoms with Crippen LogP contribution in [0.3, 0.4) is 0 Å². The summed E-state index contributed by atoms with van der Waals surface area (Å²) in [4.78, 5) is 17.3. The van der Waals surface area contributed by atoms with Crippen molar-refractivity contribution >= 4 is 18.3 Å². The summed E-state index contributed by atoms with van der Waals surface area (Å²) in [6.45, 7) is 7.59. The molecule has 1 N–H and O–H groups in total. The van der Waals surface area contributed by atoms with Gasteiger partial charge >= 0.3 is 0 Å². The quantitative estimate of drug-likeness (QED) is 0.865. The number of carbonyl (C=O) groups excluding carboxylic acids is 1. The Balaban J connectivity index is 0.00000196. The summed E-state index contributed by atoms with van der Waals surface area (Å²) in [5.41, 5.74) is 1.16. The lowest BCUT2D eigenvalue weighted by molar-refractivity contribution is -0.134. The van der Waals surface area contributed by atoms with Gasteiger partial charge in [-0.05, 0) is 37.5 Å². The number of hydrogen-bond acceptors (Lipinski definition) is 5. The van der Waals surface area contributed by atoms with Gasteiger partial charge in [-0.25, -0.2) is 0 Å². The van der Waals surface area contributed by atoms with Crippen LogP contribution < -0.4 is 14.8 Å². The second kappa shape index (κ2) is 8.46. The number of likely N-dealkylation sites (tertiary alicyclic amines) is 1. The van der Waals surface area contributed by atoms with E-state index in [1.807, 2.05) is 6.07 Å². The number of carbonyl (C=O) groups is 1. The number of nitrogens with one attached hydrogen (secondary N) is 1. The normalized spacial score (nSPS) is 25.7. The topological polar surface area (TPSA) is 54.0 Å². The van der Waals surface area contributed by atoms with Gasteiger partial charge in [0, 0.05) is 32.2 Å². The van der Waals surface area contributed by atoms with Crippen LogP contribution in [0.4, 0.5) is 0 Å². The highest BCUT2D eigenvalue weighted by molar-refractivity contribution is 5.85. The summed E-state index contributed by atoms with van der Waals surface area (Å²) in [6.07, 6.45) is 2.07. The first-order valence-electron chi connectivity index (χ1n) is 9.36. The molecule has 3 aliphatic heterocycles. The molecule has 0 spiro atoms. The number of ether oxygens (including phenoxy) is 2. The first-order chi connectivity index (χ1) is 12.2. The fourth-order valence-corrected chi connectivity index (χ4v) is 4.06. The molecule has 1 aromatic rings. The van der Waals surface area contributed by atoms with Crippen molar-refractivity contribution in [3.63, 3.8) is 0 Å². The van der Waals surface area contributed by atoms with Gasteiger partial charge in [-0.1, -0.05) is 6.07 Å². The Bertz CT molecular complexity index is 642. The van der Waals surface area contributed by atoms with Crippen molar-refractivity contribution in [1.29, 1.82) is 0 Å². The first kappa shape index (κ1) is 19.3. The zero-order valence-corrected chi connectivity index (χ0v) is 16.1. The molecule has 7 heteroatoms. The third-order valence-corrected chi connectivity index (χ3v) is 5.50. The zero-order chi connectivity index (χ0) is 17.2. The van der Waals surface area contributed by atoms with Gasteiger partial charge < -0.3 is 19.7 Å². The molecular weight excluding hydrogens is 354 g/mol. The Hall–Kier alpha value is -1.50. The van der Waals surface area contributed by atoms with Crippen molar-refractivity contribution in [2.24, 2.45) is 0 Å². The number of fused-ring (bicyclic) bond motifs is 1. The lowest BCUT2D eigenvalue weighted by Gasteiger charge is -2.35. The molecule has 0 bridgehead atoms. The van der Waals surface area contributed by atoms with Crippen LogP contribution in [0.25, 0.3) is 0 Å². The second-order valence-corrected chi connectivity index (χ2v) is 7.17. The number of benzene rings is 1. The molecule has 144 valence electrons. The van der Waals surface area contributed by atoms with Crippen molar-refractivity contribution < 1.29 is 14.3 Å². The second-order valence-electron chi connectivity index (χ2n) is 7.17. The molecule has 26 heavy (non-hydrogen) atoms. The highest BCUT2D eigenvalue weighted by Crippen LogP contribution is 2.38. The Morgan fingerprint density at radius 2 is 2.04 bits per heavy atom. The maximum absolute atomic E-state index is 12.9. The maximum atomic E-state index is 12.9. The number of halogens is 1. The van der Waals surface area contributed by atoms with E-state index in [0.29, 0.717) is 25.8 Å². The summed E-state index contributed by atoms with van der Waals surface area (Å²) in [5, 5.41) is 3.38. The van der Waals surface area contributed by atoms with Crippen LogP contribution in [0.15, 0.2) is 18.2 Å². The average molecular weight is 382 g/mol. The van der Waals surface area contributed by atoms with E-state index < -0.39 is 0 Å². The minimum Gasteiger partial charge on any atom is -0.486 e. The van der Waals surface area contributed by atoms with Crippen molar-refractivity contribution in [2.75, 3.05) is 45.9 Å². The van der Waals surface area contributed by atoms with Crippen LogP contribution in [-0.4, -0.2) is 67.7 Å². The summed E-state index contributed by atoms with van der Waals surface area (Å²) in [7, 11) is 0. The van der Waals surface area contributed by atoms with Gasteiger partial charge in [0.1, 0.15) is 13.2 Å². The molecule has 2 atom stereocenters. The van der Waals surface area contributed by atoms with Gasteiger partial charge in [0.05, 0.1) is 12.6 Å². The molecule has 0 saturated carbocycles. The smallest absolute Gasteiger partial charge is 0.237 e. The van der Waals surface area contributed by atoms with Crippen LogP contribution in [0.1, 0.15) is 31.4 Å². The molecule has 0 radical (unpaired) electrons. The molecule has 1 aromatic carbocycles. The first-order valence-corrected chi connectivity index (χ1v) is 9.36. The van der Waals surface area contributed by atoms with Crippen LogP contribution in [0.5, 0.6) is 11.5 Å². The Kier molecular flexibility index (Phi) is 6.27. The molecule has 0 aromatic heterocycles. The molecule has 3 aliphatic rings. The fraction of sp³-hybridized carbons (Fsp3) is 0.632. The largest absolute Gasteiger partial charge is 0.486 e. The van der Waals surface area contributed by atoms with Crippen LogP contribution in [0, 0.1) is 0 Å². The van der Waals surface area contributed by atoms with Gasteiger partial charge in [0.2, 0.25) is 5.91 Å². The number of nitrogens with zero attached hydrogens (tertiary/aromatic N) is 2. The molecule has 1 unspecified atom stereocenters. The van der Waals surface area contributed by atoms with Gasteiger partial charge in [0.25, 0.3) is 0 Å². The van der Waals surface area contributed by atoms with E-state index in [4.69, 9.17) is 9.47 Å². The van der Waals surface area contributed by atoms with Gasteiger partial charge in [-0.3, -0.25) is 9.69 Å². The minimum absolute atomic E-state index is 0. The van der Waals surface area contributed by atoms with Crippen LogP contribution in [0.2, 0.25) is 0 Å². The van der Waals surface area contributed by atoms with Crippen molar-refractivity contribution in [3.05, 3.63) is 23.8 Å². The number of amides is 1. The van der Waals surface area contributed by atoms with E-state index in [-0.39, 0.29) is 24.4 Å². The summed E-state index contributed by atoms with van der Waals surface area (Å²) in [6, 6.07) is 6.67. The SMILES string of the molecule is C[C@@H]1CNCCN1CC(=O)N1CCCC1c1ccc2c(c1)OCCO2.Cl. The molecule has 6 nitrogen and oxygen atoms in total. The van der Waals surface area contributed by atoms with Crippen molar-refractivity contribution in [2.45, 2.75) is 31.8 Å². The Labute approximate surface area is 161 Å². The minimum atomic E-state index is 0. The maximum Gasteiger partial charge on any atom is 0.237 e. The third kappa shape index (κ3) is 3.92. The lowest BCUT2D eigenvalue weighted by atomic mass is 10.0. The zero-order valence-electron chi connectivity index (χ0n) is 15.3. The summed E-state index contributed by atoms with van der Waals surface area (Å²) >= 11 is 0. The average Bonchev–Trinajstić information content (AvgIpc) is 3.13. The molecular formula is C19H28ClN3O3. The van der Waals surface area contributed by atoms with Crippen LogP contribution >= 0.6 is 12.4 Å². The van der Waals surface area contributed by atoms with E-state index in [0.717, 1.165) is 56.1 Å². The van der Waals surface area contributed by atoms with Gasteiger partial charge in [0.15, 0.2) is 11.5 Å². The highest BCUT2D eigenvalue weighted by Gasteiger charge is 2.32. The number of rotatable bonds is 3. The number of piperazine rings is 1. The molecule has 2 saturated heterocycles. The number of hydrogen-bond donors (Lipinski definition) is 1. The van der Waals surface area contributed by atoms with E-state index in [1.165, 1.54) is 0 Å². The van der Waals surface area contributed by atoms with E-state index in [1.54, 1.807) is 0 Å². The monoisotopic (exact) mass is 381 g/mol. The predicted octanol–water partition coefficient (Wildman–Crippen LogP) is 1.84. The summed E-state index contributed by atoms with van der Waals surface area (Å²) in [5.74, 6) is 1.85. The van der Waals surface area contributed by atoms with Crippen LogP contribution in [-0.2, 0) is 4.79 Å². The van der Waals surface area contributed by atoms with Gasteiger partial charge in [-0.15, -0.1) is 12.4 Å². The van der Waals surface area contributed by atoms with Crippen molar-refractivity contribution in [1.82, 2.24) is 15.1 Å². The van der Waals surface area contributed by atoms with Gasteiger partial charge in [-0.2, -0.15) is 0 Å². The van der Waals surface area contributed by atoms with E-state index in [9.17, 15) is 4.79 Å². The molecule has 4 rings (SSSR count). The standard InChI is InChI=1S/C19H27N3O3.ClH/c1-14-12-20-6-8-21(14)13-19(23)22-7-2-3-16(22)15-4-5-17-18(11-15)25-10-9-24-17;/h4-5,11,14,16,20H,2-3,6-10,12-13H2,1H3;1H/t14-,16?;/m1./s1. The summed E-state index contributed by atoms with van der Waals surface area (Å²) < 4.78 is 11.3. The fourth-order valence-electron chi connectivity index (χ4n) is 4.06. The molecule has 1 amide bonds. The third-order valence-electron chi connectivity index (χ3n) is 5.50. The lowest BCUT2D eigenvalue weighted by Crippen LogP contribution is -2.53. The Morgan fingerprint density at radius 3 is 2.85 bits per heavy atom. The molecule has 0 aliphatic carbocycles.